The number of rotatable bonds is 4. The number of halogens is 1. The second-order valence-corrected chi connectivity index (χ2v) is 8.81. The zero-order valence-corrected chi connectivity index (χ0v) is 17.6. The van der Waals surface area contributed by atoms with Gasteiger partial charge in [-0.2, -0.15) is 16.9 Å². The van der Waals surface area contributed by atoms with Gasteiger partial charge < -0.3 is 10.2 Å². The van der Waals surface area contributed by atoms with Crippen LogP contribution >= 0.6 is 23.4 Å². The van der Waals surface area contributed by atoms with E-state index in [1.54, 1.807) is 33.5 Å². The van der Waals surface area contributed by atoms with Gasteiger partial charge in [0.1, 0.15) is 5.82 Å². The maximum Gasteiger partial charge on any atom is 0.230 e. The van der Waals surface area contributed by atoms with Gasteiger partial charge in [0.2, 0.25) is 11.8 Å². The first-order chi connectivity index (χ1) is 14.6. The van der Waals surface area contributed by atoms with Crippen LogP contribution in [0.5, 0.6) is 0 Å². The molecule has 152 valence electrons. The second kappa shape index (κ2) is 7.81. The summed E-state index contributed by atoms with van der Waals surface area (Å²) in [5, 5.41) is 8.43. The minimum Gasteiger partial charge on any atom is -0.312 e. The predicted molar refractivity (Wildman–Crippen MR) is 119 cm³/mol. The highest BCUT2D eigenvalue weighted by Gasteiger charge is 2.36. The Labute approximate surface area is 183 Å². The molecular weight excluding hydrogens is 420 g/mol. The number of carbonyl (C=O) groups excluding carboxylic acids is 2. The van der Waals surface area contributed by atoms with Crippen LogP contribution in [0.25, 0.3) is 5.69 Å². The van der Waals surface area contributed by atoms with Gasteiger partial charge >= 0.3 is 0 Å². The Morgan fingerprint density at radius 1 is 1.07 bits per heavy atom. The lowest BCUT2D eigenvalue weighted by molar-refractivity contribution is -0.122. The Bertz CT molecular complexity index is 1110. The van der Waals surface area contributed by atoms with Gasteiger partial charge in [0, 0.05) is 40.7 Å². The van der Waals surface area contributed by atoms with Gasteiger partial charge in [0.05, 0.1) is 17.3 Å². The van der Waals surface area contributed by atoms with Gasteiger partial charge in [-0.05, 0) is 36.4 Å². The van der Waals surface area contributed by atoms with Crippen LogP contribution in [-0.4, -0.2) is 28.1 Å². The number of hydrogen-bond donors (Lipinski definition) is 1. The monoisotopic (exact) mass is 438 g/mol. The largest absolute Gasteiger partial charge is 0.312 e. The summed E-state index contributed by atoms with van der Waals surface area (Å²) < 4.78 is 1.77. The van der Waals surface area contributed by atoms with Gasteiger partial charge in [-0.15, -0.1) is 0 Å². The third kappa shape index (κ3) is 3.48. The maximum atomic E-state index is 13.1. The molecule has 1 N–H and O–H groups in total. The zero-order chi connectivity index (χ0) is 20.7. The molecule has 1 aromatic heterocycles. The number of thioether (sulfide) groups is 1. The summed E-state index contributed by atoms with van der Waals surface area (Å²) in [7, 11) is 0. The van der Waals surface area contributed by atoms with E-state index in [0.717, 1.165) is 34.1 Å². The molecule has 30 heavy (non-hydrogen) atoms. The van der Waals surface area contributed by atoms with E-state index < -0.39 is 5.92 Å². The van der Waals surface area contributed by atoms with Crippen molar-refractivity contribution in [1.29, 1.82) is 0 Å². The van der Waals surface area contributed by atoms with E-state index in [2.05, 4.69) is 5.32 Å². The minimum atomic E-state index is -0.406. The molecule has 0 spiro atoms. The average molecular weight is 439 g/mol. The fourth-order valence-corrected chi connectivity index (χ4v) is 5.03. The molecule has 2 aromatic carbocycles. The summed E-state index contributed by atoms with van der Waals surface area (Å²) in [5.74, 6) is 1.72. The fourth-order valence-electron chi connectivity index (χ4n) is 3.87. The second-order valence-electron chi connectivity index (χ2n) is 7.39. The van der Waals surface area contributed by atoms with Crippen molar-refractivity contribution in [3.8, 4) is 5.69 Å². The normalized spacial score (nSPS) is 18.0. The van der Waals surface area contributed by atoms with E-state index in [1.807, 2.05) is 42.5 Å². The smallest absolute Gasteiger partial charge is 0.230 e. The Morgan fingerprint density at radius 2 is 1.83 bits per heavy atom. The molecule has 0 saturated carbocycles. The number of nitrogens with one attached hydrogen (secondary N) is 1. The van der Waals surface area contributed by atoms with E-state index in [1.165, 1.54) is 0 Å². The third-order valence-electron chi connectivity index (χ3n) is 5.43. The Kier molecular flexibility index (Phi) is 5.00. The molecule has 0 bridgehead atoms. The molecule has 0 radical (unpaired) electrons. The lowest BCUT2D eigenvalue weighted by Gasteiger charge is -2.17. The SMILES string of the molecule is O=C(Nc1c2c(nn1-c1ccc(Cl)cc1)CSC2)C1CC(=O)N(c2ccccc2)C1. The van der Waals surface area contributed by atoms with E-state index in [0.29, 0.717) is 17.4 Å². The van der Waals surface area contributed by atoms with Crippen LogP contribution in [0.2, 0.25) is 5.02 Å². The van der Waals surface area contributed by atoms with Gasteiger partial charge in [-0.3, -0.25) is 9.59 Å². The van der Waals surface area contributed by atoms with E-state index >= 15 is 0 Å². The Morgan fingerprint density at radius 3 is 2.60 bits per heavy atom. The molecule has 1 atom stereocenters. The summed E-state index contributed by atoms with van der Waals surface area (Å²) in [6.45, 7) is 0.376. The molecule has 2 aliphatic heterocycles. The number of aromatic nitrogens is 2. The molecule has 3 heterocycles. The van der Waals surface area contributed by atoms with Gasteiger partial charge in [0.15, 0.2) is 0 Å². The average Bonchev–Trinajstić information content (AvgIpc) is 3.45. The number of amides is 2. The van der Waals surface area contributed by atoms with Crippen LogP contribution in [-0.2, 0) is 21.1 Å². The summed E-state index contributed by atoms with van der Waals surface area (Å²) in [6.07, 6.45) is 0.201. The van der Waals surface area contributed by atoms with Crippen molar-refractivity contribution in [2.45, 2.75) is 17.9 Å². The highest BCUT2D eigenvalue weighted by molar-refractivity contribution is 7.98. The number of hydrogen-bond acceptors (Lipinski definition) is 4. The third-order valence-corrected chi connectivity index (χ3v) is 6.65. The van der Waals surface area contributed by atoms with Crippen LogP contribution in [0.3, 0.4) is 0 Å². The van der Waals surface area contributed by atoms with Gasteiger partial charge in [-0.25, -0.2) is 4.68 Å². The van der Waals surface area contributed by atoms with E-state index in [9.17, 15) is 9.59 Å². The summed E-state index contributed by atoms with van der Waals surface area (Å²) in [5.41, 5.74) is 3.69. The van der Waals surface area contributed by atoms with Crippen molar-refractivity contribution in [2.24, 2.45) is 5.92 Å². The van der Waals surface area contributed by atoms with Gasteiger partial charge in [0.25, 0.3) is 0 Å². The van der Waals surface area contributed by atoms with Gasteiger partial charge in [-0.1, -0.05) is 29.8 Å². The molecular formula is C22H19ClN4O2S. The lowest BCUT2D eigenvalue weighted by atomic mass is 10.1. The molecule has 1 saturated heterocycles. The van der Waals surface area contributed by atoms with E-state index in [-0.39, 0.29) is 18.2 Å². The first kappa shape index (κ1) is 19.2. The number of anilines is 2. The zero-order valence-electron chi connectivity index (χ0n) is 16.0. The number of para-hydroxylation sites is 1. The maximum absolute atomic E-state index is 13.1. The number of fused-ring (bicyclic) bond motifs is 1. The molecule has 1 fully saturated rings. The van der Waals surface area contributed by atoms with Crippen LogP contribution in [0, 0.1) is 5.92 Å². The van der Waals surface area contributed by atoms with E-state index in [4.69, 9.17) is 16.7 Å². The van der Waals surface area contributed by atoms with Crippen molar-refractivity contribution in [3.05, 3.63) is 70.9 Å². The molecule has 0 aliphatic carbocycles. The van der Waals surface area contributed by atoms with Crippen LogP contribution < -0.4 is 10.2 Å². The predicted octanol–water partition coefficient (Wildman–Crippen LogP) is 4.26. The standard InChI is InChI=1S/C22H19ClN4O2S/c23-15-6-8-17(9-7-15)27-21(18-12-30-13-19(18)25-27)24-22(29)14-10-20(28)26(11-14)16-4-2-1-3-5-16/h1-9,14H,10-13H2,(H,24,29). The summed E-state index contributed by atoms with van der Waals surface area (Å²) in [6, 6.07) is 16.8. The van der Waals surface area contributed by atoms with Crippen molar-refractivity contribution >= 4 is 46.7 Å². The molecule has 5 rings (SSSR count). The Balaban J connectivity index is 1.40. The number of nitrogens with zero attached hydrogens (tertiary/aromatic N) is 3. The Hall–Kier alpha value is -2.77. The minimum absolute atomic E-state index is 0.0339. The molecule has 2 amide bonds. The summed E-state index contributed by atoms with van der Waals surface area (Å²) >= 11 is 7.80. The highest BCUT2D eigenvalue weighted by atomic mass is 35.5. The molecule has 6 nitrogen and oxygen atoms in total. The van der Waals surface area contributed by atoms with Crippen molar-refractivity contribution in [2.75, 3.05) is 16.8 Å². The topological polar surface area (TPSA) is 67.2 Å². The fraction of sp³-hybridized carbons (Fsp3) is 0.227. The van der Waals surface area contributed by atoms with Crippen LogP contribution in [0.1, 0.15) is 17.7 Å². The van der Waals surface area contributed by atoms with Crippen molar-refractivity contribution in [3.63, 3.8) is 0 Å². The first-order valence-electron chi connectivity index (χ1n) is 9.71. The van der Waals surface area contributed by atoms with Crippen molar-refractivity contribution < 1.29 is 9.59 Å². The summed E-state index contributed by atoms with van der Waals surface area (Å²) in [4.78, 5) is 27.3. The quantitative estimate of drug-likeness (QED) is 0.660. The van der Waals surface area contributed by atoms with Crippen molar-refractivity contribution in [1.82, 2.24) is 9.78 Å². The molecule has 2 aliphatic rings. The molecule has 1 unspecified atom stereocenters. The first-order valence-corrected chi connectivity index (χ1v) is 11.2. The van der Waals surface area contributed by atoms with Crippen LogP contribution in [0.4, 0.5) is 11.5 Å². The highest BCUT2D eigenvalue weighted by Crippen LogP contribution is 2.37. The number of benzene rings is 2. The van der Waals surface area contributed by atoms with Crippen LogP contribution in [0.15, 0.2) is 54.6 Å². The molecule has 3 aromatic rings. The lowest BCUT2D eigenvalue weighted by Crippen LogP contribution is -2.28. The number of carbonyl (C=O) groups is 2. The molecule has 8 heteroatoms.